The van der Waals surface area contributed by atoms with Crippen LogP contribution >= 0.6 is 0 Å². The maximum Gasteiger partial charge on any atom is 0.415 e. The van der Waals surface area contributed by atoms with Gasteiger partial charge in [-0.1, -0.05) is 60.5 Å². The van der Waals surface area contributed by atoms with Crippen LogP contribution in [-0.2, 0) is 20.9 Å². The Morgan fingerprint density at radius 1 is 0.808 bits per heavy atom. The molecule has 6 unspecified atom stereocenters. The Kier molecular flexibility index (Phi) is 17.5. The van der Waals surface area contributed by atoms with Crippen LogP contribution in [0.4, 0.5) is 16.2 Å². The summed E-state index contributed by atoms with van der Waals surface area (Å²) in [6.45, 7) is 3.52. The molecule has 0 spiro atoms. The Labute approximate surface area is 422 Å². The Balaban J connectivity index is 1.31. The molecule has 73 heavy (non-hydrogen) atoms. The molecule has 384 valence electrons. The number of aliphatic hydroxyl groups is 3. The molecule has 0 bridgehead atoms. The fourth-order valence-electron chi connectivity index (χ4n) is 10.5. The highest BCUT2D eigenvalue weighted by Gasteiger charge is 2.65. The molecule has 18 heteroatoms. The lowest BCUT2D eigenvalue weighted by molar-refractivity contribution is -0.385. The molecule has 0 aromatic heterocycles. The first-order valence-electron chi connectivity index (χ1n) is 24.6. The molecule has 2 aliphatic carbocycles. The first-order chi connectivity index (χ1) is 35.6. The summed E-state index contributed by atoms with van der Waals surface area (Å²) in [4.78, 5) is 44.5. The Morgan fingerprint density at radius 3 is 2.18 bits per heavy atom. The number of rotatable bonds is 25. The van der Waals surface area contributed by atoms with E-state index in [0.717, 1.165) is 21.9 Å². The average Bonchev–Trinajstić information content (AvgIpc) is 3.39. The van der Waals surface area contributed by atoms with E-state index in [1.54, 1.807) is 18.2 Å². The van der Waals surface area contributed by atoms with Crippen molar-refractivity contribution in [2.75, 3.05) is 46.2 Å². The molecule has 1 fully saturated rings. The van der Waals surface area contributed by atoms with Gasteiger partial charge in [-0.15, -0.1) is 6.58 Å². The molecule has 8 rings (SSSR count). The Hall–Kier alpha value is -7.22. The van der Waals surface area contributed by atoms with Crippen LogP contribution in [0, 0.1) is 38.0 Å². The largest absolute Gasteiger partial charge is 0.459 e. The van der Waals surface area contributed by atoms with Gasteiger partial charge in [0.15, 0.2) is 0 Å². The van der Waals surface area contributed by atoms with Crippen molar-refractivity contribution in [3.63, 3.8) is 0 Å². The standard InChI is InChI=1S/C55H60N4O14/c1-2-29-69-55-51(57(25-30-68-31-28-62)54(63)72-43-21-18-42(19-22-43)59(66)67)35-49(56-70-36-37-13-16-41(17-14-37)58(64)65)47-33-40(11-5-7-26-60)46(12-6-8-27-61)52(53(47)55)48-34-45(23-24-50(48)73-55)71-44-20-15-38-9-3-4-10-39(38)32-44/h2-4,9-10,13-24,32-34,40,46,51-53,60-62H,1,5-8,11-12,25-31,35-36H2. The molecular weight excluding hydrogens is 941 g/mol. The minimum atomic E-state index is -1.69. The fraction of sp³-hybridized carbons (Fsp3) is 0.382. The number of nitrogens with zero attached hydrogens (tertiary/aromatic N) is 4. The number of unbranched alkanes of at least 4 members (excludes halogenated alkanes) is 2. The molecule has 18 nitrogen and oxygen atoms in total. The summed E-state index contributed by atoms with van der Waals surface area (Å²) < 4.78 is 32.8. The molecule has 5 aromatic carbocycles. The molecule has 1 saturated carbocycles. The van der Waals surface area contributed by atoms with Crippen molar-refractivity contribution in [2.24, 2.45) is 22.9 Å². The zero-order valence-electron chi connectivity index (χ0n) is 40.4. The summed E-state index contributed by atoms with van der Waals surface area (Å²) in [5.41, 5.74) is 2.40. The molecule has 5 aromatic rings. The summed E-state index contributed by atoms with van der Waals surface area (Å²) in [7, 11) is 0. The van der Waals surface area contributed by atoms with E-state index in [0.29, 0.717) is 67.0 Å². The van der Waals surface area contributed by atoms with E-state index >= 15 is 0 Å². The minimum absolute atomic E-state index is 0.00206. The number of hydrogen-bond acceptors (Lipinski definition) is 15. The number of allylic oxidation sites excluding steroid dienone is 1. The Bertz CT molecular complexity index is 2790. The maximum absolute atomic E-state index is 14.9. The highest BCUT2D eigenvalue weighted by Crippen LogP contribution is 2.62. The highest BCUT2D eigenvalue weighted by molar-refractivity contribution is 6.03. The van der Waals surface area contributed by atoms with Crippen LogP contribution in [0.1, 0.15) is 62.0 Å². The van der Waals surface area contributed by atoms with Crippen molar-refractivity contribution in [3.8, 4) is 23.0 Å². The molecule has 3 N–H and O–H groups in total. The van der Waals surface area contributed by atoms with E-state index in [9.17, 15) is 40.3 Å². The lowest BCUT2D eigenvalue weighted by Crippen LogP contribution is -2.70. The second kappa shape index (κ2) is 24.5. The van der Waals surface area contributed by atoms with Crippen molar-refractivity contribution < 1.29 is 58.5 Å². The smallest absolute Gasteiger partial charge is 0.415 e. The first-order valence-corrected chi connectivity index (χ1v) is 24.6. The summed E-state index contributed by atoms with van der Waals surface area (Å²) in [5, 5.41) is 59.7. The van der Waals surface area contributed by atoms with Gasteiger partial charge in [0.1, 0.15) is 35.6 Å². The van der Waals surface area contributed by atoms with Crippen molar-refractivity contribution in [2.45, 2.75) is 69.3 Å². The van der Waals surface area contributed by atoms with Crippen molar-refractivity contribution in [3.05, 3.63) is 165 Å². The average molecular weight is 1000 g/mol. The predicted octanol–water partition coefficient (Wildman–Crippen LogP) is 9.79. The summed E-state index contributed by atoms with van der Waals surface area (Å²) >= 11 is 0. The molecule has 1 aliphatic heterocycles. The number of nitro groups is 2. The highest BCUT2D eigenvalue weighted by atomic mass is 16.7. The van der Waals surface area contributed by atoms with Crippen molar-refractivity contribution in [1.82, 2.24) is 4.90 Å². The third-order valence-electron chi connectivity index (χ3n) is 13.7. The van der Waals surface area contributed by atoms with Crippen LogP contribution in [0.5, 0.6) is 23.0 Å². The summed E-state index contributed by atoms with van der Waals surface area (Å²) in [6.07, 6.45) is 6.86. The van der Waals surface area contributed by atoms with Gasteiger partial charge in [-0.25, -0.2) is 4.79 Å². The third-order valence-corrected chi connectivity index (χ3v) is 13.7. The first kappa shape index (κ1) is 52.1. The molecule has 1 heterocycles. The van der Waals surface area contributed by atoms with Crippen LogP contribution in [0.25, 0.3) is 10.8 Å². The zero-order valence-corrected chi connectivity index (χ0v) is 40.4. The van der Waals surface area contributed by atoms with E-state index in [4.69, 9.17) is 33.7 Å². The molecule has 0 radical (unpaired) electrons. The van der Waals surface area contributed by atoms with E-state index < -0.39 is 39.6 Å². The van der Waals surface area contributed by atoms with E-state index in [1.807, 2.05) is 60.7 Å². The normalized spacial score (nSPS) is 21.3. The number of carbonyl (C=O) groups excluding carboxylic acids is 1. The second-order valence-corrected chi connectivity index (χ2v) is 18.2. The van der Waals surface area contributed by atoms with Gasteiger partial charge in [0.05, 0.1) is 47.9 Å². The van der Waals surface area contributed by atoms with Crippen LogP contribution in [-0.4, -0.2) is 99.9 Å². The second-order valence-electron chi connectivity index (χ2n) is 18.2. The number of oxime groups is 1. The SMILES string of the molecule is C=CCOC12Oc3ccc(Oc4ccc5ccccc5c4)cc3C3C(CCCCO)C(CCCCO)C=C(C(=NOCc4ccc([N+](=O)[O-])cc4)CC1N(CCOCCO)C(=O)Oc1ccc([N+](=O)[O-])cc1)C32. The molecule has 0 saturated heterocycles. The van der Waals surface area contributed by atoms with E-state index in [1.165, 1.54) is 41.3 Å². The lowest BCUT2D eigenvalue weighted by atomic mass is 9.55. The number of ether oxygens (including phenoxy) is 5. The third kappa shape index (κ3) is 12.0. The summed E-state index contributed by atoms with van der Waals surface area (Å²) in [5.74, 6) is -1.29. The molecule has 6 atom stereocenters. The van der Waals surface area contributed by atoms with E-state index in [-0.39, 0.29) is 88.2 Å². The van der Waals surface area contributed by atoms with Crippen LogP contribution in [0.15, 0.2) is 139 Å². The quantitative estimate of drug-likeness (QED) is 0.0214. The number of nitro benzene ring substituents is 2. The molecule has 3 aliphatic rings. The van der Waals surface area contributed by atoms with Crippen LogP contribution in [0.2, 0.25) is 0 Å². The van der Waals surface area contributed by atoms with Crippen molar-refractivity contribution in [1.29, 1.82) is 0 Å². The van der Waals surface area contributed by atoms with Crippen LogP contribution < -0.4 is 14.2 Å². The monoisotopic (exact) mass is 1000 g/mol. The maximum atomic E-state index is 14.9. The zero-order chi connectivity index (χ0) is 51.3. The molecule has 1 amide bonds. The van der Waals surface area contributed by atoms with Gasteiger partial charge >= 0.3 is 6.09 Å². The number of hydrogen-bond donors (Lipinski definition) is 3. The Morgan fingerprint density at radius 2 is 1.48 bits per heavy atom. The number of carbonyl (C=O) groups is 1. The predicted molar refractivity (Wildman–Crippen MR) is 271 cm³/mol. The van der Waals surface area contributed by atoms with Gasteiger partial charge in [0.25, 0.3) is 11.4 Å². The van der Waals surface area contributed by atoms with Gasteiger partial charge in [-0.05, 0) is 114 Å². The molecular formula is C55H60N4O14. The number of non-ortho nitro benzene ring substituents is 2. The van der Waals surface area contributed by atoms with E-state index in [2.05, 4.69) is 12.7 Å². The number of aliphatic hydroxyl groups excluding tert-OH is 3. The number of amides is 1. The fourth-order valence-corrected chi connectivity index (χ4v) is 10.5. The van der Waals surface area contributed by atoms with Crippen molar-refractivity contribution >= 4 is 34.0 Å². The number of benzene rings is 5. The summed E-state index contributed by atoms with van der Waals surface area (Å²) in [6, 6.07) is 29.6. The minimum Gasteiger partial charge on any atom is -0.459 e. The van der Waals surface area contributed by atoms with Gasteiger partial charge in [-0.3, -0.25) is 25.1 Å². The number of fused-ring (bicyclic) bond motifs is 3. The van der Waals surface area contributed by atoms with Gasteiger partial charge in [-0.2, -0.15) is 0 Å². The topological polar surface area (TPSA) is 235 Å². The van der Waals surface area contributed by atoms with Gasteiger partial charge < -0.3 is 43.8 Å². The van der Waals surface area contributed by atoms with Gasteiger partial charge in [0.2, 0.25) is 5.79 Å². The lowest BCUT2D eigenvalue weighted by Gasteiger charge is -2.59. The van der Waals surface area contributed by atoms with Crippen LogP contribution in [0.3, 0.4) is 0 Å². The van der Waals surface area contributed by atoms with Gasteiger partial charge in [0, 0.05) is 61.9 Å².